The van der Waals surface area contributed by atoms with E-state index < -0.39 is 0 Å². The van der Waals surface area contributed by atoms with Crippen molar-refractivity contribution in [3.8, 4) is 17.3 Å². The van der Waals surface area contributed by atoms with E-state index >= 15 is 0 Å². The molecule has 5 rings (SSSR count). The van der Waals surface area contributed by atoms with Crippen molar-refractivity contribution < 1.29 is 9.53 Å². The van der Waals surface area contributed by atoms with Crippen LogP contribution in [0.15, 0.2) is 72.9 Å². The lowest BCUT2D eigenvalue weighted by molar-refractivity contribution is 0.180. The predicted molar refractivity (Wildman–Crippen MR) is 136 cm³/mol. The Morgan fingerprint density at radius 3 is 2.66 bits per heavy atom. The maximum Gasteiger partial charge on any atom is 0.318 e. The third-order valence-corrected chi connectivity index (χ3v) is 6.50. The molecule has 1 aliphatic heterocycles. The van der Waals surface area contributed by atoms with Crippen molar-refractivity contribution in [3.63, 3.8) is 0 Å². The highest BCUT2D eigenvalue weighted by Crippen LogP contribution is 2.39. The average molecular weight is 470 g/mol. The number of nitrogens with one attached hydrogen (secondary N) is 1. The van der Waals surface area contributed by atoms with Gasteiger partial charge in [0.25, 0.3) is 0 Å². The Hall–Kier alpha value is -4.00. The summed E-state index contributed by atoms with van der Waals surface area (Å²) in [5, 5.41) is 8.11. The third-order valence-electron chi connectivity index (χ3n) is 6.50. The van der Waals surface area contributed by atoms with Crippen LogP contribution in [0.4, 0.5) is 4.79 Å². The summed E-state index contributed by atoms with van der Waals surface area (Å²) in [6.45, 7) is 5.24. The first-order valence-corrected chi connectivity index (χ1v) is 12.2. The largest absolute Gasteiger partial charge is 0.497 e. The standard InChI is InChI=1S/C28H31N5O2/c1-4-16-29-28(34)32-19-23-24(5-2)30-33(21-12-7-6-8-13-21)27(23)31-17-10-15-25(31)26(32)20-11-9-14-22(18-20)35-3/h6-15,17-18,26H,4-5,16,19H2,1-3H3,(H,29,34)/t26-/m0/s1. The SMILES string of the molecule is CCCNC(=O)N1Cc2c(CC)nn(-c3ccccc3)c2-n2cccc2[C@@H]1c1cccc(OC)c1. The molecule has 2 amide bonds. The monoisotopic (exact) mass is 469 g/mol. The molecule has 0 radical (unpaired) electrons. The zero-order valence-electron chi connectivity index (χ0n) is 20.4. The predicted octanol–water partition coefficient (Wildman–Crippen LogP) is 5.26. The van der Waals surface area contributed by atoms with E-state index in [-0.39, 0.29) is 12.1 Å². The van der Waals surface area contributed by atoms with Crippen LogP contribution in [0, 0.1) is 0 Å². The van der Waals surface area contributed by atoms with E-state index in [1.807, 2.05) is 52.0 Å². The van der Waals surface area contributed by atoms with E-state index in [2.05, 4.69) is 54.2 Å². The molecule has 2 aromatic carbocycles. The van der Waals surface area contributed by atoms with E-state index in [4.69, 9.17) is 9.84 Å². The van der Waals surface area contributed by atoms with Gasteiger partial charge in [-0.05, 0) is 54.8 Å². The van der Waals surface area contributed by atoms with Crippen LogP contribution < -0.4 is 10.1 Å². The molecule has 7 heteroatoms. The Kier molecular flexibility index (Phi) is 6.31. The number of ether oxygens (including phenoxy) is 1. The molecule has 0 aliphatic carbocycles. The number of benzene rings is 2. The number of aryl methyl sites for hydroxylation is 1. The molecule has 1 atom stereocenters. The van der Waals surface area contributed by atoms with Crippen molar-refractivity contribution in [2.45, 2.75) is 39.3 Å². The fourth-order valence-corrected chi connectivity index (χ4v) is 4.84. The summed E-state index contributed by atoms with van der Waals surface area (Å²) < 4.78 is 9.72. The number of amides is 2. The number of carbonyl (C=O) groups excluding carboxylic acids is 1. The van der Waals surface area contributed by atoms with E-state index in [1.54, 1.807) is 7.11 Å². The van der Waals surface area contributed by atoms with Gasteiger partial charge in [0.1, 0.15) is 11.6 Å². The summed E-state index contributed by atoms with van der Waals surface area (Å²) in [5.41, 5.74) is 5.04. The van der Waals surface area contributed by atoms with Crippen molar-refractivity contribution in [3.05, 3.63) is 95.4 Å². The topological polar surface area (TPSA) is 64.3 Å². The van der Waals surface area contributed by atoms with Crippen LogP contribution >= 0.6 is 0 Å². The minimum atomic E-state index is -0.293. The second kappa shape index (κ2) is 9.70. The molecule has 0 unspecified atom stereocenters. The molecule has 7 nitrogen and oxygen atoms in total. The Morgan fingerprint density at radius 2 is 1.91 bits per heavy atom. The zero-order chi connectivity index (χ0) is 24.4. The summed E-state index contributed by atoms with van der Waals surface area (Å²) in [5.74, 6) is 1.74. The lowest BCUT2D eigenvalue weighted by Gasteiger charge is -2.31. The second-order valence-corrected chi connectivity index (χ2v) is 8.69. The van der Waals surface area contributed by atoms with Gasteiger partial charge in [0, 0.05) is 18.3 Å². The van der Waals surface area contributed by atoms with Crippen molar-refractivity contribution in [1.82, 2.24) is 24.6 Å². The number of rotatable bonds is 6. The van der Waals surface area contributed by atoms with Crippen molar-refractivity contribution in [2.75, 3.05) is 13.7 Å². The van der Waals surface area contributed by atoms with Crippen molar-refractivity contribution in [2.24, 2.45) is 0 Å². The molecule has 0 spiro atoms. The number of aromatic nitrogens is 3. The number of carbonyl (C=O) groups is 1. The van der Waals surface area contributed by atoms with Gasteiger partial charge in [-0.25, -0.2) is 9.48 Å². The highest BCUT2D eigenvalue weighted by Gasteiger charge is 2.36. The summed E-state index contributed by atoms with van der Waals surface area (Å²) in [6.07, 6.45) is 3.71. The van der Waals surface area contributed by atoms with Crippen LogP contribution in [-0.4, -0.2) is 38.9 Å². The van der Waals surface area contributed by atoms with Crippen molar-refractivity contribution >= 4 is 6.03 Å². The molecule has 4 aromatic rings. The maximum atomic E-state index is 13.6. The molecule has 1 aliphatic rings. The molecule has 3 heterocycles. The minimum Gasteiger partial charge on any atom is -0.497 e. The summed E-state index contributed by atoms with van der Waals surface area (Å²) in [4.78, 5) is 15.5. The first-order valence-electron chi connectivity index (χ1n) is 12.2. The molecule has 0 saturated carbocycles. The average Bonchev–Trinajstić information content (AvgIpc) is 3.48. The van der Waals surface area contributed by atoms with Crippen LogP contribution in [0.2, 0.25) is 0 Å². The molecule has 0 bridgehead atoms. The number of hydrogen-bond donors (Lipinski definition) is 1. The number of urea groups is 1. The number of para-hydroxylation sites is 1. The molecule has 0 saturated heterocycles. The molecule has 2 aromatic heterocycles. The molecule has 0 fully saturated rings. The van der Waals surface area contributed by atoms with Gasteiger partial charge in [0.2, 0.25) is 0 Å². The number of methoxy groups -OCH3 is 1. The lowest BCUT2D eigenvalue weighted by Crippen LogP contribution is -2.42. The van der Waals surface area contributed by atoms with Gasteiger partial charge in [-0.15, -0.1) is 0 Å². The van der Waals surface area contributed by atoms with E-state index in [1.165, 1.54) is 0 Å². The first-order chi connectivity index (χ1) is 17.2. The smallest absolute Gasteiger partial charge is 0.318 e. The zero-order valence-corrected chi connectivity index (χ0v) is 20.4. The fourth-order valence-electron chi connectivity index (χ4n) is 4.84. The Morgan fingerprint density at radius 1 is 1.09 bits per heavy atom. The van der Waals surface area contributed by atoms with Crippen LogP contribution in [0.5, 0.6) is 5.75 Å². The van der Waals surface area contributed by atoms with Crippen LogP contribution in [0.3, 0.4) is 0 Å². The van der Waals surface area contributed by atoms with Crippen molar-refractivity contribution in [1.29, 1.82) is 0 Å². The lowest BCUT2D eigenvalue weighted by atomic mass is 10.0. The number of hydrogen-bond acceptors (Lipinski definition) is 3. The van der Waals surface area contributed by atoms with E-state index in [9.17, 15) is 4.79 Å². The quantitative estimate of drug-likeness (QED) is 0.419. The third kappa shape index (κ3) is 4.07. The van der Waals surface area contributed by atoms with Gasteiger partial charge < -0.3 is 19.5 Å². The highest BCUT2D eigenvalue weighted by molar-refractivity contribution is 5.76. The van der Waals surface area contributed by atoms with Gasteiger partial charge in [-0.1, -0.05) is 44.2 Å². The molecular formula is C28H31N5O2. The van der Waals surface area contributed by atoms with Gasteiger partial charge in [-0.2, -0.15) is 5.10 Å². The van der Waals surface area contributed by atoms with Gasteiger partial charge in [0.05, 0.1) is 36.8 Å². The maximum absolute atomic E-state index is 13.6. The van der Waals surface area contributed by atoms with E-state index in [0.29, 0.717) is 13.1 Å². The molecule has 1 N–H and O–H groups in total. The highest BCUT2D eigenvalue weighted by atomic mass is 16.5. The van der Waals surface area contributed by atoms with Gasteiger partial charge in [0.15, 0.2) is 0 Å². The van der Waals surface area contributed by atoms with Crippen LogP contribution in [0.25, 0.3) is 11.5 Å². The number of fused-ring (bicyclic) bond motifs is 3. The minimum absolute atomic E-state index is 0.0882. The summed E-state index contributed by atoms with van der Waals surface area (Å²) in [7, 11) is 1.67. The van der Waals surface area contributed by atoms with Gasteiger partial charge in [-0.3, -0.25) is 0 Å². The van der Waals surface area contributed by atoms with Gasteiger partial charge >= 0.3 is 6.03 Å². The Bertz CT molecular complexity index is 1320. The normalized spacial score (nSPS) is 14.7. The fraction of sp³-hybridized carbons (Fsp3) is 0.286. The summed E-state index contributed by atoms with van der Waals surface area (Å²) in [6, 6.07) is 21.9. The Balaban J connectivity index is 1.75. The second-order valence-electron chi connectivity index (χ2n) is 8.69. The molecular weight excluding hydrogens is 438 g/mol. The Labute approximate surface area is 205 Å². The molecule has 35 heavy (non-hydrogen) atoms. The molecule has 180 valence electrons. The first kappa shape index (κ1) is 22.8. The van der Waals surface area contributed by atoms with Crippen LogP contribution in [0.1, 0.15) is 48.8 Å². The van der Waals surface area contributed by atoms with Crippen LogP contribution in [-0.2, 0) is 13.0 Å². The summed E-state index contributed by atoms with van der Waals surface area (Å²) >= 11 is 0. The van der Waals surface area contributed by atoms with E-state index in [0.717, 1.165) is 52.6 Å². The number of nitrogens with zero attached hydrogens (tertiary/aromatic N) is 4.